The standard InChI is InChI=1S/C12H11NO3/c1-8(12(14)15)16-11-4-2-3-9-7-13-6-5-10(9)11/h2-8H,1H3,(H,14,15). The molecule has 2 aromatic rings. The van der Waals surface area contributed by atoms with Gasteiger partial charge in [-0.05, 0) is 19.1 Å². The lowest BCUT2D eigenvalue weighted by molar-refractivity contribution is -0.144. The molecular formula is C12H11NO3. The molecule has 0 amide bonds. The van der Waals surface area contributed by atoms with Crippen LogP contribution in [0.2, 0.25) is 0 Å². The number of ether oxygens (including phenoxy) is 1. The van der Waals surface area contributed by atoms with Gasteiger partial charge in [-0.1, -0.05) is 12.1 Å². The van der Waals surface area contributed by atoms with E-state index < -0.39 is 12.1 Å². The molecule has 2 rings (SSSR count). The predicted octanol–water partition coefficient (Wildman–Crippen LogP) is 2.09. The normalized spacial score (nSPS) is 12.3. The lowest BCUT2D eigenvalue weighted by Crippen LogP contribution is -2.22. The summed E-state index contributed by atoms with van der Waals surface area (Å²) in [5.41, 5.74) is 0. The van der Waals surface area contributed by atoms with Crippen LogP contribution < -0.4 is 4.74 Å². The largest absolute Gasteiger partial charge is 0.479 e. The van der Waals surface area contributed by atoms with Crippen molar-refractivity contribution in [3.8, 4) is 5.75 Å². The second-order valence-corrected chi connectivity index (χ2v) is 3.45. The zero-order chi connectivity index (χ0) is 11.5. The molecule has 0 aliphatic heterocycles. The van der Waals surface area contributed by atoms with Gasteiger partial charge < -0.3 is 9.84 Å². The summed E-state index contributed by atoms with van der Waals surface area (Å²) in [6.07, 6.45) is 2.51. The molecule has 0 spiro atoms. The third kappa shape index (κ3) is 1.95. The van der Waals surface area contributed by atoms with Gasteiger partial charge in [0.05, 0.1) is 0 Å². The second-order valence-electron chi connectivity index (χ2n) is 3.45. The minimum absolute atomic E-state index is 0.565. The summed E-state index contributed by atoms with van der Waals surface area (Å²) < 4.78 is 5.36. The Morgan fingerprint density at radius 1 is 1.44 bits per heavy atom. The van der Waals surface area contributed by atoms with Crippen LogP contribution in [0.15, 0.2) is 36.7 Å². The van der Waals surface area contributed by atoms with Crippen molar-refractivity contribution in [1.82, 2.24) is 4.98 Å². The molecule has 0 bridgehead atoms. The molecule has 1 aromatic carbocycles. The number of aliphatic carboxylic acids is 1. The van der Waals surface area contributed by atoms with Crippen LogP contribution in [0, 0.1) is 0 Å². The van der Waals surface area contributed by atoms with Crippen LogP contribution in [0.25, 0.3) is 10.8 Å². The summed E-state index contributed by atoms with van der Waals surface area (Å²) >= 11 is 0. The van der Waals surface area contributed by atoms with E-state index in [0.717, 1.165) is 10.8 Å². The molecule has 0 radical (unpaired) electrons. The Kier molecular flexibility index (Phi) is 2.72. The van der Waals surface area contributed by atoms with E-state index in [1.54, 1.807) is 24.5 Å². The first-order valence-corrected chi connectivity index (χ1v) is 4.90. The summed E-state index contributed by atoms with van der Waals surface area (Å²) in [6, 6.07) is 7.27. The van der Waals surface area contributed by atoms with Crippen molar-refractivity contribution in [3.63, 3.8) is 0 Å². The van der Waals surface area contributed by atoms with Crippen LogP contribution in [0.4, 0.5) is 0 Å². The van der Waals surface area contributed by atoms with E-state index in [0.29, 0.717) is 5.75 Å². The van der Waals surface area contributed by atoms with E-state index in [-0.39, 0.29) is 0 Å². The molecule has 16 heavy (non-hydrogen) atoms. The molecule has 4 heteroatoms. The molecule has 1 N–H and O–H groups in total. The number of benzene rings is 1. The van der Waals surface area contributed by atoms with Crippen LogP contribution in [-0.2, 0) is 4.79 Å². The highest BCUT2D eigenvalue weighted by atomic mass is 16.5. The molecule has 1 atom stereocenters. The van der Waals surface area contributed by atoms with Crippen LogP contribution in [0.3, 0.4) is 0 Å². The molecule has 0 aliphatic rings. The SMILES string of the molecule is CC(Oc1cccc2cnccc12)C(=O)O. The Balaban J connectivity index is 2.41. The van der Waals surface area contributed by atoms with Crippen molar-refractivity contribution in [2.24, 2.45) is 0 Å². The summed E-state index contributed by atoms with van der Waals surface area (Å²) in [6.45, 7) is 1.50. The third-order valence-corrected chi connectivity index (χ3v) is 2.29. The van der Waals surface area contributed by atoms with Gasteiger partial charge in [0.15, 0.2) is 6.10 Å². The Morgan fingerprint density at radius 2 is 2.25 bits per heavy atom. The van der Waals surface area contributed by atoms with E-state index in [2.05, 4.69) is 4.98 Å². The molecule has 4 nitrogen and oxygen atoms in total. The van der Waals surface area contributed by atoms with Crippen molar-refractivity contribution < 1.29 is 14.6 Å². The number of carboxylic acid groups (broad SMARTS) is 1. The molecule has 1 heterocycles. The number of pyridine rings is 1. The van der Waals surface area contributed by atoms with Crippen LogP contribution in [0.5, 0.6) is 5.75 Å². The Labute approximate surface area is 92.5 Å². The molecule has 82 valence electrons. The summed E-state index contributed by atoms with van der Waals surface area (Å²) in [7, 11) is 0. The maximum atomic E-state index is 10.7. The van der Waals surface area contributed by atoms with Crippen LogP contribution in [0.1, 0.15) is 6.92 Å². The van der Waals surface area contributed by atoms with Gasteiger partial charge in [-0.2, -0.15) is 0 Å². The van der Waals surface area contributed by atoms with Gasteiger partial charge in [-0.15, -0.1) is 0 Å². The van der Waals surface area contributed by atoms with Crippen molar-refractivity contribution >= 4 is 16.7 Å². The van der Waals surface area contributed by atoms with E-state index in [4.69, 9.17) is 9.84 Å². The average Bonchev–Trinajstić information content (AvgIpc) is 2.29. The quantitative estimate of drug-likeness (QED) is 0.855. The first-order valence-electron chi connectivity index (χ1n) is 4.90. The number of fused-ring (bicyclic) bond motifs is 1. The lowest BCUT2D eigenvalue weighted by atomic mass is 10.1. The van der Waals surface area contributed by atoms with E-state index >= 15 is 0 Å². The van der Waals surface area contributed by atoms with E-state index in [9.17, 15) is 4.79 Å². The molecule has 0 saturated carbocycles. The van der Waals surface area contributed by atoms with Gasteiger partial charge in [0.1, 0.15) is 5.75 Å². The fourth-order valence-electron chi connectivity index (χ4n) is 1.44. The predicted molar refractivity (Wildman–Crippen MR) is 59.5 cm³/mol. The number of hydrogen-bond acceptors (Lipinski definition) is 3. The molecule has 1 unspecified atom stereocenters. The van der Waals surface area contributed by atoms with Gasteiger partial charge >= 0.3 is 5.97 Å². The Hall–Kier alpha value is -2.10. The molecule has 0 fully saturated rings. The summed E-state index contributed by atoms with van der Waals surface area (Å²) in [5.74, 6) is -0.416. The zero-order valence-corrected chi connectivity index (χ0v) is 8.75. The molecular weight excluding hydrogens is 206 g/mol. The lowest BCUT2D eigenvalue weighted by Gasteiger charge is -2.12. The summed E-state index contributed by atoms with van der Waals surface area (Å²) in [5, 5.41) is 10.6. The fourth-order valence-corrected chi connectivity index (χ4v) is 1.44. The number of carbonyl (C=O) groups is 1. The van der Waals surface area contributed by atoms with Gasteiger partial charge in [-0.3, -0.25) is 4.98 Å². The van der Waals surface area contributed by atoms with E-state index in [1.165, 1.54) is 6.92 Å². The number of rotatable bonds is 3. The van der Waals surface area contributed by atoms with Gasteiger partial charge in [-0.25, -0.2) is 4.79 Å². The van der Waals surface area contributed by atoms with Crippen molar-refractivity contribution in [2.45, 2.75) is 13.0 Å². The summed E-state index contributed by atoms with van der Waals surface area (Å²) in [4.78, 5) is 14.7. The van der Waals surface area contributed by atoms with Gasteiger partial charge in [0.2, 0.25) is 0 Å². The fraction of sp³-hybridized carbons (Fsp3) is 0.167. The van der Waals surface area contributed by atoms with Crippen molar-refractivity contribution in [2.75, 3.05) is 0 Å². The third-order valence-electron chi connectivity index (χ3n) is 2.29. The zero-order valence-electron chi connectivity index (χ0n) is 8.75. The first-order chi connectivity index (χ1) is 7.68. The Morgan fingerprint density at radius 3 is 3.00 bits per heavy atom. The Bertz CT molecular complexity index is 519. The molecule has 1 aromatic heterocycles. The van der Waals surface area contributed by atoms with Crippen LogP contribution in [-0.4, -0.2) is 22.2 Å². The first kappa shape index (κ1) is 10.4. The van der Waals surface area contributed by atoms with Crippen molar-refractivity contribution in [3.05, 3.63) is 36.7 Å². The molecule has 0 aliphatic carbocycles. The maximum absolute atomic E-state index is 10.7. The average molecular weight is 217 g/mol. The number of aromatic nitrogens is 1. The monoisotopic (exact) mass is 217 g/mol. The highest BCUT2D eigenvalue weighted by Crippen LogP contribution is 2.25. The highest BCUT2D eigenvalue weighted by molar-refractivity contribution is 5.87. The van der Waals surface area contributed by atoms with E-state index in [1.807, 2.05) is 12.1 Å². The van der Waals surface area contributed by atoms with Gasteiger partial charge in [0, 0.05) is 23.2 Å². The number of carboxylic acids is 1. The second kappa shape index (κ2) is 4.18. The van der Waals surface area contributed by atoms with Crippen LogP contribution >= 0.6 is 0 Å². The number of nitrogens with zero attached hydrogens (tertiary/aromatic N) is 1. The topological polar surface area (TPSA) is 59.4 Å². The minimum atomic E-state index is -0.981. The van der Waals surface area contributed by atoms with Crippen molar-refractivity contribution in [1.29, 1.82) is 0 Å². The number of hydrogen-bond donors (Lipinski definition) is 1. The smallest absolute Gasteiger partial charge is 0.344 e. The highest BCUT2D eigenvalue weighted by Gasteiger charge is 2.13. The molecule has 0 saturated heterocycles. The maximum Gasteiger partial charge on any atom is 0.344 e. The van der Waals surface area contributed by atoms with Gasteiger partial charge in [0.25, 0.3) is 0 Å². The minimum Gasteiger partial charge on any atom is -0.479 e.